The second kappa shape index (κ2) is 15.4. The summed E-state index contributed by atoms with van der Waals surface area (Å²) in [7, 11) is 0. The molecule has 262 valence electrons. The van der Waals surface area contributed by atoms with Gasteiger partial charge in [-0.05, 0) is 24.8 Å². The van der Waals surface area contributed by atoms with Gasteiger partial charge in [-0.25, -0.2) is 0 Å². The third kappa shape index (κ3) is 7.41. The van der Waals surface area contributed by atoms with E-state index in [-0.39, 0.29) is 13.0 Å². The number of aliphatic hydroxyl groups is 5. The molecule has 4 fully saturated rings. The zero-order valence-electron chi connectivity index (χ0n) is 25.5. The maximum atomic E-state index is 11.2. The van der Waals surface area contributed by atoms with Crippen molar-refractivity contribution >= 4 is 0 Å². The molecule has 18 atom stereocenters. The minimum absolute atomic E-state index is 0.140. The Bertz CT molecular complexity index is 1100. The Labute approximate surface area is 266 Å². The number of benzene rings is 1. The fraction of sp³-hybridized carbons (Fsp3) is 0.793. The van der Waals surface area contributed by atoms with Gasteiger partial charge in [-0.1, -0.05) is 30.3 Å². The first-order valence-corrected chi connectivity index (χ1v) is 15.7. The van der Waals surface area contributed by atoms with Gasteiger partial charge >= 0.3 is 0 Å². The van der Waals surface area contributed by atoms with Crippen molar-refractivity contribution in [2.75, 3.05) is 13.2 Å². The highest BCUT2D eigenvalue weighted by atomic mass is 16.8. The smallest absolute Gasteiger partial charge is 0.187 e. The number of ether oxygens (including phenoxy) is 6. The largest absolute Gasteiger partial charge is 0.394 e. The Kier molecular flexibility index (Phi) is 12.0. The Morgan fingerprint density at radius 3 is 2.02 bits per heavy atom. The lowest BCUT2D eigenvalue weighted by atomic mass is 9.84. The van der Waals surface area contributed by atoms with E-state index < -0.39 is 117 Å². The molecule has 17 heteroatoms. The summed E-state index contributed by atoms with van der Waals surface area (Å²) < 4.78 is 36.0. The quantitative estimate of drug-likeness (QED) is 0.112. The highest BCUT2D eigenvalue weighted by Crippen LogP contribution is 2.35. The van der Waals surface area contributed by atoms with Gasteiger partial charge in [-0.3, -0.25) is 0 Å². The molecule has 1 saturated carbocycles. The topological polar surface area (TPSA) is 313 Å². The fourth-order valence-electron chi connectivity index (χ4n) is 6.59. The molecule has 17 N–H and O–H groups in total. The molecule has 17 nitrogen and oxygen atoms in total. The second-order valence-corrected chi connectivity index (χ2v) is 12.6. The molecule has 1 aromatic carbocycles. The van der Waals surface area contributed by atoms with Crippen LogP contribution < -0.4 is 34.4 Å². The standard InChI is InChI=1S/C29H50N6O11/c30-9-16-21(38)22(39)19(35)28(42-16)45-25-17(10-36)43-29(23(25)40)46-26-20(37)13(32)8-14(33)24(26)44-27-12(31)6-7-15(41-27)18(34)11-4-2-1-3-5-11/h1-5,12-29,36-40H,6-10,30-35H2/t12-,13-,14+,15+,16+,17-,18+,19-,20+,21-,22-,23-,24-,25-,26-,27-,28?,29+/m1/s1. The first-order chi connectivity index (χ1) is 21.9. The molecule has 1 unspecified atom stereocenters. The lowest BCUT2D eigenvalue weighted by Crippen LogP contribution is -2.65. The van der Waals surface area contributed by atoms with Gasteiger partial charge < -0.3 is 88.4 Å². The highest BCUT2D eigenvalue weighted by molar-refractivity contribution is 5.20. The van der Waals surface area contributed by atoms with Crippen LogP contribution in [0.25, 0.3) is 0 Å². The summed E-state index contributed by atoms with van der Waals surface area (Å²) in [6.45, 7) is -0.743. The molecule has 1 aromatic rings. The van der Waals surface area contributed by atoms with Crippen LogP contribution in [0.4, 0.5) is 0 Å². The molecule has 3 aliphatic heterocycles. The van der Waals surface area contributed by atoms with E-state index in [1.165, 1.54) is 0 Å². The van der Waals surface area contributed by atoms with Crippen LogP contribution in [0, 0.1) is 0 Å². The number of hydrogen-bond acceptors (Lipinski definition) is 17. The highest BCUT2D eigenvalue weighted by Gasteiger charge is 2.53. The first-order valence-electron chi connectivity index (χ1n) is 15.7. The van der Waals surface area contributed by atoms with E-state index in [0.29, 0.717) is 12.8 Å². The van der Waals surface area contributed by atoms with Gasteiger partial charge in [0.05, 0.1) is 36.9 Å². The number of rotatable bonds is 10. The van der Waals surface area contributed by atoms with Gasteiger partial charge in [0.1, 0.15) is 48.8 Å². The summed E-state index contributed by atoms with van der Waals surface area (Å²) in [6, 6.07) is 5.80. The Morgan fingerprint density at radius 2 is 1.35 bits per heavy atom. The Balaban J connectivity index is 1.29. The van der Waals surface area contributed by atoms with Gasteiger partial charge in [0, 0.05) is 18.6 Å². The van der Waals surface area contributed by atoms with Crippen molar-refractivity contribution in [3.05, 3.63) is 35.9 Å². The van der Waals surface area contributed by atoms with Crippen molar-refractivity contribution in [2.45, 2.75) is 129 Å². The van der Waals surface area contributed by atoms with Gasteiger partial charge in [0.2, 0.25) is 0 Å². The van der Waals surface area contributed by atoms with Gasteiger partial charge in [0.25, 0.3) is 0 Å². The molecule has 3 heterocycles. The van der Waals surface area contributed by atoms with Gasteiger partial charge in [-0.2, -0.15) is 0 Å². The van der Waals surface area contributed by atoms with Gasteiger partial charge in [-0.15, -0.1) is 0 Å². The zero-order valence-corrected chi connectivity index (χ0v) is 25.5. The molecule has 5 rings (SSSR count). The van der Waals surface area contributed by atoms with Crippen LogP contribution in [-0.4, -0.2) is 143 Å². The van der Waals surface area contributed by atoms with E-state index in [2.05, 4.69) is 0 Å². The minimum Gasteiger partial charge on any atom is -0.394 e. The fourth-order valence-corrected chi connectivity index (χ4v) is 6.59. The van der Waals surface area contributed by atoms with Crippen LogP contribution in [0.2, 0.25) is 0 Å². The average Bonchev–Trinajstić information content (AvgIpc) is 3.35. The minimum atomic E-state index is -1.54. The number of aliphatic hydroxyl groups excluding tert-OH is 5. The molecule has 0 aromatic heterocycles. The number of hydrogen-bond donors (Lipinski definition) is 11. The van der Waals surface area contributed by atoms with Gasteiger partial charge in [0.15, 0.2) is 18.9 Å². The van der Waals surface area contributed by atoms with Crippen LogP contribution in [0.3, 0.4) is 0 Å². The molecular weight excluding hydrogens is 608 g/mol. The van der Waals surface area contributed by atoms with E-state index in [1.54, 1.807) is 0 Å². The first kappa shape index (κ1) is 35.8. The average molecular weight is 659 g/mol. The monoisotopic (exact) mass is 658 g/mol. The van der Waals surface area contributed by atoms with Crippen molar-refractivity contribution in [1.82, 2.24) is 0 Å². The zero-order chi connectivity index (χ0) is 33.3. The third-order valence-corrected chi connectivity index (χ3v) is 9.42. The van der Waals surface area contributed by atoms with Crippen molar-refractivity contribution in [2.24, 2.45) is 34.4 Å². The second-order valence-electron chi connectivity index (χ2n) is 12.6. The molecule has 4 aliphatic rings. The normalized spacial score (nSPS) is 47.5. The van der Waals surface area contributed by atoms with E-state index in [9.17, 15) is 25.5 Å². The molecule has 1 aliphatic carbocycles. The summed E-state index contributed by atoms with van der Waals surface area (Å²) in [4.78, 5) is 0. The predicted octanol–water partition coefficient (Wildman–Crippen LogP) is -5.10. The lowest BCUT2D eigenvalue weighted by molar-refractivity contribution is -0.290. The Hall–Kier alpha value is -1.46. The maximum Gasteiger partial charge on any atom is 0.187 e. The summed E-state index contributed by atoms with van der Waals surface area (Å²) >= 11 is 0. The lowest BCUT2D eigenvalue weighted by Gasteiger charge is -2.46. The summed E-state index contributed by atoms with van der Waals surface area (Å²) in [5, 5.41) is 53.0. The van der Waals surface area contributed by atoms with Crippen LogP contribution in [-0.2, 0) is 28.4 Å². The molecular formula is C29H50N6O11. The molecule has 0 spiro atoms. The molecule has 0 amide bonds. The Morgan fingerprint density at radius 1 is 0.696 bits per heavy atom. The van der Waals surface area contributed by atoms with Crippen LogP contribution in [0.1, 0.15) is 30.9 Å². The molecule has 0 bridgehead atoms. The third-order valence-electron chi connectivity index (χ3n) is 9.42. The van der Waals surface area contributed by atoms with E-state index >= 15 is 0 Å². The van der Waals surface area contributed by atoms with Crippen molar-refractivity contribution < 1.29 is 54.0 Å². The van der Waals surface area contributed by atoms with Crippen LogP contribution in [0.5, 0.6) is 0 Å². The summed E-state index contributed by atoms with van der Waals surface area (Å²) in [5.74, 6) is 0. The maximum absolute atomic E-state index is 11.2. The molecule has 46 heavy (non-hydrogen) atoms. The van der Waals surface area contributed by atoms with Crippen molar-refractivity contribution in [3.8, 4) is 0 Å². The SMILES string of the molecule is NC[C@@H]1OC(O[C@H]2[C@@H](O)[C@H](O[C@@H]3[C@@H](O)[C@H](N)C[C@H](N)[C@H]3O[C@H]3O[C@H]([C@@H](N)c4ccccc4)CC[C@H]3N)O[C@@H]2CO)[C@H](N)[C@@H](O)[C@@H]1O. The van der Waals surface area contributed by atoms with Crippen LogP contribution in [0.15, 0.2) is 30.3 Å². The summed E-state index contributed by atoms with van der Waals surface area (Å²) in [5.41, 5.74) is 38.2. The molecule has 3 saturated heterocycles. The molecule has 0 radical (unpaired) electrons. The van der Waals surface area contributed by atoms with Crippen molar-refractivity contribution in [3.63, 3.8) is 0 Å². The van der Waals surface area contributed by atoms with E-state index in [4.69, 9.17) is 62.8 Å². The predicted molar refractivity (Wildman–Crippen MR) is 160 cm³/mol. The van der Waals surface area contributed by atoms with Crippen molar-refractivity contribution in [1.29, 1.82) is 0 Å². The summed E-state index contributed by atoms with van der Waals surface area (Å²) in [6.07, 6.45) is -14.0. The van der Waals surface area contributed by atoms with E-state index in [0.717, 1.165) is 5.56 Å². The van der Waals surface area contributed by atoms with Crippen LogP contribution >= 0.6 is 0 Å². The number of nitrogens with two attached hydrogens (primary N) is 6. The van der Waals surface area contributed by atoms with E-state index in [1.807, 2.05) is 30.3 Å².